The largest absolute Gasteiger partial charge is 0.490 e. The molecule has 0 unspecified atom stereocenters. The lowest BCUT2D eigenvalue weighted by Crippen LogP contribution is -2.66. The molecule has 132 heavy (non-hydrogen) atoms. The summed E-state index contributed by atoms with van der Waals surface area (Å²) in [7, 11) is 0. The van der Waals surface area contributed by atoms with Crippen LogP contribution >= 0.6 is 0 Å². The van der Waals surface area contributed by atoms with E-state index in [4.69, 9.17) is 101 Å². The van der Waals surface area contributed by atoms with Crippen molar-refractivity contribution in [2.45, 2.75) is 283 Å². The summed E-state index contributed by atoms with van der Waals surface area (Å²) in [4.78, 5) is 230. The molecule has 12 N–H and O–H groups in total. The number of hydrogen-bond acceptors (Lipinski definition) is 38. The predicted octanol–water partition coefficient (Wildman–Crippen LogP) is -2.07. The van der Waals surface area contributed by atoms with Gasteiger partial charge in [0.15, 0.2) is 55.5 Å². The van der Waals surface area contributed by atoms with Crippen LogP contribution in [0.1, 0.15) is 179 Å². The molecule has 3 fully saturated rings. The lowest BCUT2D eigenvalue weighted by molar-refractivity contribution is -0.277. The van der Waals surface area contributed by atoms with Gasteiger partial charge in [-0.1, -0.05) is 0 Å². The van der Waals surface area contributed by atoms with E-state index in [9.17, 15) is 99.5 Å². The molecular weight excluding hydrogens is 1780 g/mol. The molecule has 0 radical (unpaired) electrons. The average molecular weight is 1910 g/mol. The second kappa shape index (κ2) is 64.2. The number of alkyl halides is 3. The molecule has 752 valence electrons. The maximum absolute atomic E-state index is 12.9. The van der Waals surface area contributed by atoms with Crippen LogP contribution in [-0.2, 0) is 176 Å². The van der Waals surface area contributed by atoms with E-state index in [2.05, 4.69) is 47.9 Å². The van der Waals surface area contributed by atoms with Crippen LogP contribution in [0.25, 0.3) is 0 Å². The van der Waals surface area contributed by atoms with Gasteiger partial charge in [-0.2, -0.15) is 13.2 Å². The first-order valence-electron chi connectivity index (χ1n) is 42.7. The Bertz CT molecular complexity index is 3370. The number of ether oxygens (including phenoxy) is 18. The van der Waals surface area contributed by atoms with Gasteiger partial charge in [-0.05, 0) is 57.8 Å². The third kappa shape index (κ3) is 52.5. The summed E-state index contributed by atoms with van der Waals surface area (Å²) >= 11 is 0. The minimum atomic E-state index is -5.08. The van der Waals surface area contributed by atoms with Crippen LogP contribution in [0.15, 0.2) is 0 Å². The Morgan fingerprint density at radius 2 is 0.515 bits per heavy atom. The molecule has 3 heterocycles. The molecule has 0 aliphatic carbocycles. The highest BCUT2D eigenvalue weighted by atomic mass is 19.4. The van der Waals surface area contributed by atoms with Crippen LogP contribution in [0.2, 0.25) is 0 Å². The van der Waals surface area contributed by atoms with Crippen molar-refractivity contribution in [3.05, 3.63) is 0 Å². The van der Waals surface area contributed by atoms with Crippen LogP contribution in [0.3, 0.4) is 0 Å². The van der Waals surface area contributed by atoms with Gasteiger partial charge in [0.25, 0.3) is 0 Å². The number of halogens is 3. The van der Waals surface area contributed by atoms with Crippen molar-refractivity contribution in [1.82, 2.24) is 47.9 Å². The van der Waals surface area contributed by atoms with Gasteiger partial charge in [-0.3, -0.25) is 86.3 Å². The Kier molecular flexibility index (Phi) is 57.1. The second-order valence-electron chi connectivity index (χ2n) is 30.4. The molecule has 9 amide bonds. The molecule has 0 spiro atoms. The van der Waals surface area contributed by atoms with Crippen molar-refractivity contribution in [3.63, 3.8) is 0 Å². The van der Waals surface area contributed by atoms with E-state index in [1.54, 1.807) is 0 Å². The normalized spacial score (nSPS) is 21.4. The molecule has 0 aromatic carbocycles. The Balaban J connectivity index is 0.00000806. The van der Waals surface area contributed by atoms with Crippen molar-refractivity contribution >= 4 is 113 Å². The Morgan fingerprint density at radius 1 is 0.303 bits per heavy atom. The Labute approximate surface area is 760 Å². The Hall–Kier alpha value is -10.7. The van der Waals surface area contributed by atoms with Crippen LogP contribution in [0.4, 0.5) is 13.2 Å². The van der Waals surface area contributed by atoms with Crippen LogP contribution in [0.5, 0.6) is 0 Å². The van der Waals surface area contributed by atoms with Crippen molar-refractivity contribution in [2.24, 2.45) is 5.73 Å². The summed E-state index contributed by atoms with van der Waals surface area (Å²) in [6.45, 7) is 13.0. The number of carbonyl (C=O) groups is 19. The van der Waals surface area contributed by atoms with Crippen molar-refractivity contribution in [2.75, 3.05) is 119 Å². The second-order valence-corrected chi connectivity index (χ2v) is 30.4. The third-order valence-corrected chi connectivity index (χ3v) is 18.3. The number of esters is 9. The topological polar surface area (TPSA) is 645 Å². The molecule has 48 nitrogen and oxygen atoms in total. The fourth-order valence-corrected chi connectivity index (χ4v) is 12.7. The molecule has 3 aliphatic heterocycles. The number of unbranched alkanes of at least 4 members (excludes halogenated alkanes) is 3. The maximum Gasteiger partial charge on any atom is 0.490 e. The monoisotopic (exact) mass is 1910 g/mol. The summed E-state index contributed by atoms with van der Waals surface area (Å²) in [6, 6.07) is -3.46. The number of rotatable bonds is 60. The van der Waals surface area contributed by atoms with Crippen LogP contribution in [0, 0.1) is 0 Å². The molecule has 3 saturated heterocycles. The lowest BCUT2D eigenvalue weighted by Gasteiger charge is -2.44. The van der Waals surface area contributed by atoms with E-state index in [1.165, 1.54) is 20.8 Å². The SMILES string of the molecule is CC(=O)N[C@H]1[C@H](OCCCCC(=O)NCCCNC(=O)CCOCC(N)(COCCC(=O)NCCCNC(=O)CCCCO[C@@H]2O[C@H](COC(C)=O)[C@H](OC(C)=O)[C@H](OC(C)=O)[C@H]2NC(C)=O)COCCC(=O)NCCCNC(=O)CCCCO[C@@H]2O[C@H](COC(C)=O)[C@H](OC(C)=O)[C@H](OC(C)=O)[C@H]2NC(C)=O)O[C@H](COC(C)=O)[C@H](OC(C)=O)[C@@H]1OC(C)=O.O=C(O)C(F)(F)F. The minimum Gasteiger partial charge on any atom is -0.475 e. The van der Waals surface area contributed by atoms with Crippen LogP contribution in [-0.4, -0.2) is 340 Å². The molecule has 15 atom stereocenters. The van der Waals surface area contributed by atoms with Gasteiger partial charge < -0.3 is 144 Å². The highest BCUT2D eigenvalue weighted by molar-refractivity contribution is 5.80. The van der Waals surface area contributed by atoms with E-state index in [0.29, 0.717) is 57.8 Å². The highest BCUT2D eigenvalue weighted by Crippen LogP contribution is 2.32. The number of nitrogens with one attached hydrogen (secondary N) is 9. The predicted molar refractivity (Wildman–Crippen MR) is 440 cm³/mol. The summed E-state index contributed by atoms with van der Waals surface area (Å²) < 4.78 is 133. The maximum atomic E-state index is 12.9. The third-order valence-electron chi connectivity index (χ3n) is 18.3. The van der Waals surface area contributed by atoms with Gasteiger partial charge in [0.05, 0.1) is 45.2 Å². The molecule has 3 aliphatic rings. The zero-order valence-electron chi connectivity index (χ0n) is 76.3. The molecule has 0 aromatic rings. The Morgan fingerprint density at radius 3 is 0.712 bits per heavy atom. The number of amides is 9. The van der Waals surface area contributed by atoms with Crippen molar-refractivity contribution < 1.29 is 195 Å². The number of aliphatic carboxylic acids is 1. The fourth-order valence-electron chi connectivity index (χ4n) is 12.7. The van der Waals surface area contributed by atoms with Crippen LogP contribution < -0.4 is 53.6 Å². The number of carboxylic acids is 1. The van der Waals surface area contributed by atoms with E-state index in [0.717, 1.165) is 62.3 Å². The van der Waals surface area contributed by atoms with Crippen molar-refractivity contribution in [3.8, 4) is 0 Å². The van der Waals surface area contributed by atoms with Gasteiger partial charge in [-0.25, -0.2) is 4.79 Å². The number of carboxylic acid groups (broad SMARTS) is 1. The number of hydrogen-bond donors (Lipinski definition) is 11. The lowest BCUT2D eigenvalue weighted by atomic mass is 9.96. The first-order chi connectivity index (χ1) is 62.2. The first-order valence-corrected chi connectivity index (χ1v) is 42.7. The molecule has 0 bridgehead atoms. The number of carbonyl (C=O) groups excluding carboxylic acids is 18. The molecular formula is C81H129F3N10O38. The highest BCUT2D eigenvalue weighted by Gasteiger charge is 2.55. The minimum absolute atomic E-state index is 0.00469. The fraction of sp³-hybridized carbons (Fsp3) is 0.765. The summed E-state index contributed by atoms with van der Waals surface area (Å²) in [5.41, 5.74) is 5.39. The van der Waals surface area contributed by atoms with Gasteiger partial charge in [-0.15, -0.1) is 0 Å². The molecule has 51 heteroatoms. The standard InChI is InChI=1S/C79H128N10O36.C2HF3O2/c1-46(90)87-67-73(120-55(10)99)70(117-52(7)96)58(40-114-49(4)93)123-76(67)111-34-16-13-22-61(102)81-28-19-31-84-64(105)25-37-108-43-79(80,44-109-38-26-65(106)85-32-20-29-82-62(103)23-14-17-35-112-77-68(88-47(2)91)74(121-56(11)100)71(118-53(8)97)59(124-77)41-115-50(5)94)45-110-39-27-66(107)86-33-21-30-83-63(104)24-15-18-36-113-78-69(89-48(3)92)75(122-57(12)101)72(119-54(9)98)60(125-78)42-116-51(6)95;3-2(4,5)1(6)7/h58-60,67-78H,13-45,80H2,1-12H3,(H,81,102)(H,82,103)(H,83,104)(H,84,105)(H,85,106)(H,86,107)(H,87,90)(H,88,91)(H,89,92);(H,6,7)/t58-,59-,60-,67-,68-,69-,70+,71+,72+,73-,74-,75-,76-,77-,78-;/m1./s1. The van der Waals surface area contributed by atoms with Gasteiger partial charge in [0.1, 0.15) is 56.3 Å². The number of nitrogens with two attached hydrogens (primary N) is 1. The van der Waals surface area contributed by atoms with E-state index in [-0.39, 0.29) is 173 Å². The van der Waals surface area contributed by atoms with E-state index >= 15 is 0 Å². The molecule has 0 aromatic heterocycles. The zero-order chi connectivity index (χ0) is 99.1. The summed E-state index contributed by atoms with van der Waals surface area (Å²) in [6.07, 6.45) is -16.9. The summed E-state index contributed by atoms with van der Waals surface area (Å²) in [5.74, 6) is -12.9. The van der Waals surface area contributed by atoms with Gasteiger partial charge in [0.2, 0.25) is 53.2 Å². The quantitative estimate of drug-likeness (QED) is 0.0177. The smallest absolute Gasteiger partial charge is 0.475 e. The first kappa shape index (κ1) is 117. The average Bonchev–Trinajstić information content (AvgIpc) is 0.795. The van der Waals surface area contributed by atoms with Gasteiger partial charge in [0, 0.05) is 181 Å². The van der Waals surface area contributed by atoms with E-state index < -0.39 is 201 Å². The van der Waals surface area contributed by atoms with Gasteiger partial charge >= 0.3 is 65.9 Å². The van der Waals surface area contributed by atoms with E-state index in [1.807, 2.05) is 0 Å². The summed E-state index contributed by atoms with van der Waals surface area (Å²) in [5, 5.41) is 31.6. The molecule has 3 rings (SSSR count). The molecule has 0 saturated carbocycles. The zero-order valence-corrected chi connectivity index (χ0v) is 76.3. The van der Waals surface area contributed by atoms with Crippen molar-refractivity contribution in [1.29, 1.82) is 0 Å².